The Morgan fingerprint density at radius 1 is 1.23 bits per heavy atom. The molecule has 1 fully saturated rings. The average Bonchev–Trinajstić information content (AvgIpc) is 3.25. The van der Waals surface area contributed by atoms with Crippen molar-refractivity contribution in [3.05, 3.63) is 58.7 Å². The van der Waals surface area contributed by atoms with E-state index >= 15 is 0 Å². The van der Waals surface area contributed by atoms with Gasteiger partial charge in [-0.25, -0.2) is 9.51 Å². The van der Waals surface area contributed by atoms with Crippen molar-refractivity contribution in [1.29, 1.82) is 0 Å². The van der Waals surface area contributed by atoms with E-state index in [1.165, 1.54) is 6.08 Å². The van der Waals surface area contributed by atoms with Gasteiger partial charge in [-0.2, -0.15) is 5.10 Å². The highest BCUT2D eigenvalue weighted by Crippen LogP contribution is 2.23. The quantitative estimate of drug-likeness (QED) is 0.414. The van der Waals surface area contributed by atoms with Gasteiger partial charge in [0.2, 0.25) is 0 Å². The Morgan fingerprint density at radius 2 is 1.97 bits per heavy atom. The van der Waals surface area contributed by atoms with Gasteiger partial charge in [-0.1, -0.05) is 0 Å². The van der Waals surface area contributed by atoms with Gasteiger partial charge in [-0.3, -0.25) is 9.78 Å². The zero-order valence-corrected chi connectivity index (χ0v) is 21.3. The molecule has 1 N–H and O–H groups in total. The van der Waals surface area contributed by atoms with Gasteiger partial charge in [0.25, 0.3) is 0 Å². The average molecular weight is 478 g/mol. The predicted molar refractivity (Wildman–Crippen MR) is 137 cm³/mol. The Labute approximate surface area is 206 Å². The first-order chi connectivity index (χ1) is 16.8. The van der Waals surface area contributed by atoms with Crippen molar-refractivity contribution in [3.63, 3.8) is 0 Å². The molecule has 1 aliphatic heterocycles. The number of likely N-dealkylation sites (N-methyl/N-ethyl adjacent to an activating group) is 1. The zero-order chi connectivity index (χ0) is 25.1. The number of rotatable bonds is 7. The first kappa shape index (κ1) is 24.8. The molecule has 35 heavy (non-hydrogen) atoms. The van der Waals surface area contributed by atoms with Crippen LogP contribution < -0.4 is 10.4 Å². The summed E-state index contributed by atoms with van der Waals surface area (Å²) < 4.78 is 3.80. The van der Waals surface area contributed by atoms with Gasteiger partial charge in [0.05, 0.1) is 41.1 Å². The van der Waals surface area contributed by atoms with Crippen LogP contribution in [0.5, 0.6) is 0 Å². The molecule has 0 radical (unpaired) electrons. The molecule has 1 aliphatic rings. The normalized spacial score (nSPS) is 16.0. The second-order valence-corrected chi connectivity index (χ2v) is 9.37. The highest BCUT2D eigenvalue weighted by atomic mass is 16.3. The number of hydrogen-bond donors (Lipinski definition) is 1. The highest BCUT2D eigenvalue weighted by Gasteiger charge is 2.23. The van der Waals surface area contributed by atoms with E-state index in [0.29, 0.717) is 24.0 Å². The minimum Gasteiger partial charge on any atom is -0.395 e. The van der Waals surface area contributed by atoms with Crippen molar-refractivity contribution in [2.24, 2.45) is 12.0 Å². The van der Waals surface area contributed by atoms with Crippen molar-refractivity contribution >= 4 is 23.2 Å². The second kappa shape index (κ2) is 10.5. The van der Waals surface area contributed by atoms with E-state index in [4.69, 9.17) is 4.99 Å². The SMILES string of the molecule is Cc1cn2nc(C(=C/C=O)/N=c3/c(C)cc(N4CCC(N(C)CCO)CC4)cn3C)cc2c(C)n1. The molecule has 9 heteroatoms. The lowest BCUT2D eigenvalue weighted by atomic mass is 10.0. The van der Waals surface area contributed by atoms with Crippen LogP contribution in [0.2, 0.25) is 0 Å². The highest BCUT2D eigenvalue weighted by molar-refractivity contribution is 5.81. The van der Waals surface area contributed by atoms with Gasteiger partial charge in [0.1, 0.15) is 17.5 Å². The fraction of sp³-hybridized carbons (Fsp3) is 0.462. The van der Waals surface area contributed by atoms with E-state index in [9.17, 15) is 9.90 Å². The molecule has 0 aromatic carbocycles. The Balaban J connectivity index is 1.63. The molecule has 0 saturated carbocycles. The number of aromatic nitrogens is 4. The van der Waals surface area contributed by atoms with Crippen LogP contribution in [0.4, 0.5) is 5.69 Å². The summed E-state index contributed by atoms with van der Waals surface area (Å²) in [7, 11) is 4.07. The third kappa shape index (κ3) is 5.36. The van der Waals surface area contributed by atoms with Crippen LogP contribution in [0.1, 0.15) is 35.5 Å². The van der Waals surface area contributed by atoms with Crippen LogP contribution in [0.3, 0.4) is 0 Å². The fourth-order valence-corrected chi connectivity index (χ4v) is 4.88. The van der Waals surface area contributed by atoms with Crippen molar-refractivity contribution in [1.82, 2.24) is 24.1 Å². The molecule has 0 bridgehead atoms. The second-order valence-electron chi connectivity index (χ2n) is 9.37. The molecule has 0 spiro atoms. The first-order valence-corrected chi connectivity index (χ1v) is 12.1. The molecular formula is C26H35N7O2. The third-order valence-electron chi connectivity index (χ3n) is 6.76. The third-order valence-corrected chi connectivity index (χ3v) is 6.76. The molecule has 0 aliphatic carbocycles. The molecule has 0 atom stereocenters. The van der Waals surface area contributed by atoms with E-state index in [1.807, 2.05) is 44.6 Å². The maximum absolute atomic E-state index is 11.4. The van der Waals surface area contributed by atoms with Crippen LogP contribution in [0.25, 0.3) is 11.2 Å². The number of pyridine rings is 1. The number of carbonyl (C=O) groups is 1. The lowest BCUT2D eigenvalue weighted by molar-refractivity contribution is -0.104. The van der Waals surface area contributed by atoms with E-state index in [-0.39, 0.29) is 6.61 Å². The number of allylic oxidation sites excluding steroid dienone is 1. The van der Waals surface area contributed by atoms with Crippen molar-refractivity contribution in [3.8, 4) is 0 Å². The Bertz CT molecular complexity index is 1290. The van der Waals surface area contributed by atoms with Crippen molar-refractivity contribution in [2.75, 3.05) is 38.2 Å². The van der Waals surface area contributed by atoms with Crippen LogP contribution in [-0.4, -0.2) is 74.8 Å². The predicted octanol–water partition coefficient (Wildman–Crippen LogP) is 2.03. The minimum atomic E-state index is 0.197. The summed E-state index contributed by atoms with van der Waals surface area (Å²) in [6, 6.07) is 4.59. The maximum Gasteiger partial charge on any atom is 0.145 e. The maximum atomic E-state index is 11.4. The van der Waals surface area contributed by atoms with E-state index in [2.05, 4.69) is 39.2 Å². The number of hydrogen-bond acceptors (Lipinski definition) is 7. The van der Waals surface area contributed by atoms with E-state index < -0.39 is 0 Å². The summed E-state index contributed by atoms with van der Waals surface area (Å²) >= 11 is 0. The van der Waals surface area contributed by atoms with Crippen molar-refractivity contribution < 1.29 is 9.90 Å². The number of nitrogens with zero attached hydrogens (tertiary/aromatic N) is 7. The number of anilines is 1. The molecular weight excluding hydrogens is 442 g/mol. The van der Waals surface area contributed by atoms with Crippen LogP contribution in [-0.2, 0) is 11.8 Å². The molecule has 3 aromatic rings. The molecule has 4 rings (SSSR count). The van der Waals surface area contributed by atoms with Gasteiger partial charge >= 0.3 is 0 Å². The number of aliphatic hydroxyl groups is 1. The molecule has 0 unspecified atom stereocenters. The van der Waals surface area contributed by atoms with Gasteiger partial charge < -0.3 is 19.5 Å². The summed E-state index contributed by atoms with van der Waals surface area (Å²) in [6.07, 6.45) is 8.32. The largest absolute Gasteiger partial charge is 0.395 e. The summed E-state index contributed by atoms with van der Waals surface area (Å²) in [5, 5.41) is 13.9. The standard InChI is InChI=1S/C26H35N7O2/c1-18-14-22(32-9-6-21(7-10-32)30(4)11-13-35)17-31(5)26(18)28-23(8-12-34)24-15-25-20(3)27-19(2)16-33(25)29-24/h8,12,14-17,21,35H,6-7,9-11,13H2,1-5H3/b23-8-,28-26-. The molecule has 1 saturated heterocycles. The Hall–Kier alpha value is -3.30. The Kier molecular flexibility index (Phi) is 7.47. The number of aliphatic hydroxyl groups excluding tert-OH is 1. The minimum absolute atomic E-state index is 0.197. The number of piperidine rings is 1. The lowest BCUT2D eigenvalue weighted by Gasteiger charge is -2.37. The number of fused-ring (bicyclic) bond motifs is 1. The summed E-state index contributed by atoms with van der Waals surface area (Å²) in [6.45, 7) is 8.78. The molecule has 186 valence electrons. The molecule has 0 amide bonds. The van der Waals surface area contributed by atoms with Gasteiger partial charge in [0.15, 0.2) is 0 Å². The van der Waals surface area contributed by atoms with Crippen molar-refractivity contribution in [2.45, 2.75) is 39.7 Å². The Morgan fingerprint density at radius 3 is 2.63 bits per heavy atom. The van der Waals surface area contributed by atoms with Gasteiger partial charge in [-0.15, -0.1) is 0 Å². The summed E-state index contributed by atoms with van der Waals surface area (Å²) in [5.41, 5.74) is 6.77. The summed E-state index contributed by atoms with van der Waals surface area (Å²) in [5.74, 6) is 0. The van der Waals surface area contributed by atoms with Crippen LogP contribution in [0.15, 0.2) is 35.6 Å². The topological polar surface area (TPSA) is 91.3 Å². The van der Waals surface area contributed by atoms with Gasteiger partial charge in [-0.05, 0) is 58.4 Å². The van der Waals surface area contributed by atoms with E-state index in [1.54, 1.807) is 4.52 Å². The number of carbonyl (C=O) groups excluding carboxylic acids is 1. The summed E-state index contributed by atoms with van der Waals surface area (Å²) in [4.78, 5) is 25.5. The molecule has 9 nitrogen and oxygen atoms in total. The van der Waals surface area contributed by atoms with Gasteiger partial charge in [0, 0.05) is 45.0 Å². The number of aldehydes is 1. The van der Waals surface area contributed by atoms with Crippen LogP contribution in [0, 0.1) is 20.8 Å². The molecule has 3 aromatic heterocycles. The smallest absolute Gasteiger partial charge is 0.145 e. The monoisotopic (exact) mass is 477 g/mol. The van der Waals surface area contributed by atoms with E-state index in [0.717, 1.165) is 65.9 Å². The van der Waals surface area contributed by atoms with Crippen LogP contribution >= 0.6 is 0 Å². The zero-order valence-electron chi connectivity index (χ0n) is 21.3. The number of aryl methyl sites for hydroxylation is 4. The molecule has 4 heterocycles. The fourth-order valence-electron chi connectivity index (χ4n) is 4.88. The lowest BCUT2D eigenvalue weighted by Crippen LogP contribution is -2.44. The first-order valence-electron chi connectivity index (χ1n) is 12.1.